The van der Waals surface area contributed by atoms with Crippen molar-refractivity contribution in [1.82, 2.24) is 5.32 Å². The van der Waals surface area contributed by atoms with Crippen LogP contribution in [-0.2, 0) is 4.74 Å². The number of ether oxygens (including phenoxy) is 1. The maximum absolute atomic E-state index is 5.43. The fraction of sp³-hybridized carbons (Fsp3) is 0.750. The third kappa shape index (κ3) is 1.09. The maximum atomic E-state index is 5.43. The lowest BCUT2D eigenvalue weighted by Gasteiger charge is -2.31. The second-order valence-corrected chi connectivity index (χ2v) is 2.93. The van der Waals surface area contributed by atoms with Crippen molar-refractivity contribution >= 4 is 0 Å². The average Bonchev–Trinajstić information content (AvgIpc) is 2.05. The Balaban J connectivity index is 2.03. The smallest absolute Gasteiger partial charge is 0.113 e. The number of hydrogen-bond donors (Lipinski definition) is 0. The Morgan fingerprint density at radius 2 is 2.50 bits per heavy atom. The molecule has 1 heterocycles. The lowest BCUT2D eigenvalue weighted by atomic mass is 9.91. The van der Waals surface area contributed by atoms with Gasteiger partial charge in [0.15, 0.2) is 0 Å². The third-order valence-electron chi connectivity index (χ3n) is 2.22. The first-order valence-corrected chi connectivity index (χ1v) is 3.88. The Hall–Kier alpha value is -0.340. The van der Waals surface area contributed by atoms with Crippen LogP contribution in [0.1, 0.15) is 12.8 Å². The number of hydrogen-bond acceptors (Lipinski definition) is 1. The average molecular weight is 138 g/mol. The molecule has 2 unspecified atom stereocenters. The van der Waals surface area contributed by atoms with Gasteiger partial charge in [-0.1, -0.05) is 12.2 Å². The molecule has 1 saturated heterocycles. The summed E-state index contributed by atoms with van der Waals surface area (Å²) in [5.41, 5.74) is 0. The first-order chi connectivity index (χ1) is 4.97. The van der Waals surface area contributed by atoms with Crippen LogP contribution in [-0.4, -0.2) is 19.4 Å². The molecule has 1 fully saturated rings. The molecule has 2 atom stereocenters. The molecule has 1 aliphatic heterocycles. The van der Waals surface area contributed by atoms with Crippen molar-refractivity contribution in [2.45, 2.75) is 18.9 Å². The minimum atomic E-state index is 0.381. The summed E-state index contributed by atoms with van der Waals surface area (Å²) >= 11 is 0. The Kier molecular flexibility index (Phi) is 1.74. The van der Waals surface area contributed by atoms with Crippen LogP contribution in [0.15, 0.2) is 12.2 Å². The quantitative estimate of drug-likeness (QED) is 0.456. The molecule has 0 aromatic carbocycles. The molecular formula is C8H12NO. The monoisotopic (exact) mass is 138 g/mol. The fourth-order valence-corrected chi connectivity index (χ4v) is 1.61. The summed E-state index contributed by atoms with van der Waals surface area (Å²) in [6.45, 7) is 1.61. The molecule has 0 aromatic heterocycles. The minimum absolute atomic E-state index is 0.381. The molecule has 55 valence electrons. The van der Waals surface area contributed by atoms with Crippen LogP contribution in [0.4, 0.5) is 0 Å². The van der Waals surface area contributed by atoms with Crippen molar-refractivity contribution in [2.24, 2.45) is 5.92 Å². The molecule has 10 heavy (non-hydrogen) atoms. The molecule has 2 rings (SSSR count). The normalized spacial score (nSPS) is 39.2. The predicted octanol–water partition coefficient (Wildman–Crippen LogP) is 0.913. The van der Waals surface area contributed by atoms with Crippen LogP contribution in [0.25, 0.3) is 0 Å². The van der Waals surface area contributed by atoms with Gasteiger partial charge in [-0.2, -0.15) is 0 Å². The summed E-state index contributed by atoms with van der Waals surface area (Å²) in [6.07, 6.45) is 7.24. The van der Waals surface area contributed by atoms with Crippen molar-refractivity contribution in [3.63, 3.8) is 0 Å². The van der Waals surface area contributed by atoms with E-state index in [2.05, 4.69) is 17.5 Å². The molecule has 0 saturated carbocycles. The van der Waals surface area contributed by atoms with E-state index in [1.54, 1.807) is 0 Å². The molecule has 0 aromatic rings. The summed E-state index contributed by atoms with van der Waals surface area (Å²) in [6, 6.07) is 0. The van der Waals surface area contributed by atoms with Crippen molar-refractivity contribution in [2.75, 3.05) is 13.3 Å². The zero-order valence-corrected chi connectivity index (χ0v) is 5.99. The predicted molar refractivity (Wildman–Crippen MR) is 38.6 cm³/mol. The Morgan fingerprint density at radius 3 is 3.40 bits per heavy atom. The standard InChI is InChI=1S/C8H12NO/c1-2-4-8-7(3-1)5-9-6-10-8/h2,4,7-8H,1,3,5-6H2. The molecule has 1 radical (unpaired) electrons. The molecule has 0 amide bonds. The van der Waals surface area contributed by atoms with E-state index in [1.807, 2.05) is 0 Å². The highest BCUT2D eigenvalue weighted by molar-refractivity contribution is 4.99. The van der Waals surface area contributed by atoms with Gasteiger partial charge in [0.2, 0.25) is 0 Å². The van der Waals surface area contributed by atoms with Crippen molar-refractivity contribution in [3.05, 3.63) is 12.2 Å². The maximum Gasteiger partial charge on any atom is 0.113 e. The first kappa shape index (κ1) is 6.38. The molecule has 0 spiro atoms. The van der Waals surface area contributed by atoms with E-state index >= 15 is 0 Å². The summed E-state index contributed by atoms with van der Waals surface area (Å²) in [5, 5.41) is 4.21. The molecular weight excluding hydrogens is 126 g/mol. The van der Waals surface area contributed by atoms with Gasteiger partial charge in [0.25, 0.3) is 0 Å². The van der Waals surface area contributed by atoms with Gasteiger partial charge in [-0.3, -0.25) is 0 Å². The minimum Gasteiger partial charge on any atom is -0.357 e. The highest BCUT2D eigenvalue weighted by Gasteiger charge is 2.25. The van der Waals surface area contributed by atoms with E-state index < -0.39 is 0 Å². The summed E-state index contributed by atoms with van der Waals surface area (Å²) < 4.78 is 5.43. The van der Waals surface area contributed by atoms with Crippen LogP contribution in [0.5, 0.6) is 0 Å². The zero-order valence-electron chi connectivity index (χ0n) is 5.99. The number of fused-ring (bicyclic) bond motifs is 1. The van der Waals surface area contributed by atoms with Crippen LogP contribution in [0.2, 0.25) is 0 Å². The van der Waals surface area contributed by atoms with E-state index in [4.69, 9.17) is 4.74 Å². The summed E-state index contributed by atoms with van der Waals surface area (Å²) in [5.74, 6) is 0.679. The van der Waals surface area contributed by atoms with Crippen LogP contribution >= 0.6 is 0 Å². The Morgan fingerprint density at radius 1 is 1.50 bits per heavy atom. The lowest BCUT2D eigenvalue weighted by molar-refractivity contribution is -0.0115. The molecule has 2 aliphatic rings. The van der Waals surface area contributed by atoms with Crippen LogP contribution < -0.4 is 5.32 Å². The van der Waals surface area contributed by atoms with Gasteiger partial charge in [-0.05, 0) is 12.8 Å². The van der Waals surface area contributed by atoms with Gasteiger partial charge < -0.3 is 4.74 Å². The van der Waals surface area contributed by atoms with Crippen molar-refractivity contribution in [3.8, 4) is 0 Å². The van der Waals surface area contributed by atoms with Gasteiger partial charge in [0, 0.05) is 12.5 Å². The second-order valence-electron chi connectivity index (χ2n) is 2.93. The first-order valence-electron chi connectivity index (χ1n) is 3.88. The van der Waals surface area contributed by atoms with Crippen molar-refractivity contribution in [1.29, 1.82) is 0 Å². The topological polar surface area (TPSA) is 23.3 Å². The third-order valence-corrected chi connectivity index (χ3v) is 2.22. The highest BCUT2D eigenvalue weighted by Crippen LogP contribution is 2.23. The van der Waals surface area contributed by atoms with E-state index in [1.165, 1.54) is 12.8 Å². The Bertz CT molecular complexity index is 144. The fourth-order valence-electron chi connectivity index (χ4n) is 1.61. The number of rotatable bonds is 0. The summed E-state index contributed by atoms with van der Waals surface area (Å²) in [7, 11) is 0. The van der Waals surface area contributed by atoms with Gasteiger partial charge >= 0.3 is 0 Å². The van der Waals surface area contributed by atoms with Crippen molar-refractivity contribution < 1.29 is 4.74 Å². The summed E-state index contributed by atoms with van der Waals surface area (Å²) in [4.78, 5) is 0. The number of allylic oxidation sites excluding steroid dienone is 1. The highest BCUT2D eigenvalue weighted by atomic mass is 16.5. The Labute approximate surface area is 61.3 Å². The second kappa shape index (κ2) is 2.72. The molecule has 1 aliphatic carbocycles. The van der Waals surface area contributed by atoms with Gasteiger partial charge in [0.1, 0.15) is 6.73 Å². The van der Waals surface area contributed by atoms with Gasteiger partial charge in [-0.15, -0.1) is 0 Å². The van der Waals surface area contributed by atoms with Crippen LogP contribution in [0.3, 0.4) is 0 Å². The molecule has 0 N–H and O–H groups in total. The van der Waals surface area contributed by atoms with Crippen LogP contribution in [0, 0.1) is 5.92 Å². The van der Waals surface area contributed by atoms with Gasteiger partial charge in [0.05, 0.1) is 6.10 Å². The number of nitrogens with zero attached hydrogens (tertiary/aromatic N) is 1. The molecule has 2 nitrogen and oxygen atoms in total. The largest absolute Gasteiger partial charge is 0.357 e. The van der Waals surface area contributed by atoms with Gasteiger partial charge in [-0.25, -0.2) is 5.32 Å². The molecule has 2 heteroatoms. The van der Waals surface area contributed by atoms with E-state index in [-0.39, 0.29) is 0 Å². The van der Waals surface area contributed by atoms with E-state index in [0.29, 0.717) is 18.8 Å². The zero-order chi connectivity index (χ0) is 6.81. The lowest BCUT2D eigenvalue weighted by Crippen LogP contribution is -2.38. The van der Waals surface area contributed by atoms with E-state index in [0.717, 1.165) is 6.54 Å². The molecule has 0 bridgehead atoms. The SMILES string of the molecule is C1=CC2OC[N]CC2CC1. The van der Waals surface area contributed by atoms with E-state index in [9.17, 15) is 0 Å².